The number of benzene rings is 1. The van der Waals surface area contributed by atoms with Gasteiger partial charge in [0.2, 0.25) is 0 Å². The first kappa shape index (κ1) is 13.0. The summed E-state index contributed by atoms with van der Waals surface area (Å²) in [7, 11) is 0. The zero-order valence-electron chi connectivity index (χ0n) is 9.37. The fraction of sp³-hybridized carbons (Fsp3) is 0.417. The minimum Gasteiger partial charge on any atom is -0.481 e. The lowest BCUT2D eigenvalue weighted by Gasteiger charge is -2.11. The summed E-state index contributed by atoms with van der Waals surface area (Å²) in [5, 5.41) is 9.32. The van der Waals surface area contributed by atoms with Gasteiger partial charge in [0, 0.05) is 5.02 Å². The van der Waals surface area contributed by atoms with Crippen LogP contribution in [0.2, 0.25) is 5.02 Å². The number of ether oxygens (including phenoxy) is 1. The van der Waals surface area contributed by atoms with Gasteiger partial charge in [-0.05, 0) is 37.1 Å². The molecule has 0 saturated carbocycles. The minimum absolute atomic E-state index is 0.0304. The van der Waals surface area contributed by atoms with Gasteiger partial charge in [-0.3, -0.25) is 4.79 Å². The number of hydrogen-bond acceptors (Lipinski definition) is 2. The molecule has 1 aromatic rings. The Kier molecular flexibility index (Phi) is 4.77. The zero-order valence-corrected chi connectivity index (χ0v) is 10.1. The molecule has 1 aromatic carbocycles. The molecule has 16 heavy (non-hydrogen) atoms. The van der Waals surface area contributed by atoms with Crippen LogP contribution in [-0.4, -0.2) is 17.2 Å². The summed E-state index contributed by atoms with van der Waals surface area (Å²) in [6, 6.07) is 5.23. The largest absolute Gasteiger partial charge is 0.481 e. The van der Waals surface area contributed by atoms with Crippen LogP contribution in [0, 0.1) is 0 Å². The molecule has 0 aromatic heterocycles. The molecule has 1 rings (SSSR count). The Hall–Kier alpha value is -1.06. The Bertz CT molecular complexity index is 375. The highest BCUT2D eigenvalue weighted by molar-refractivity contribution is 6.30. The Morgan fingerprint density at radius 3 is 2.69 bits per heavy atom. The third-order valence-electron chi connectivity index (χ3n) is 2.08. The van der Waals surface area contributed by atoms with Crippen molar-refractivity contribution >= 4 is 17.6 Å². The maximum absolute atomic E-state index is 10.7. The van der Waals surface area contributed by atoms with Crippen molar-refractivity contribution in [1.82, 2.24) is 0 Å². The van der Waals surface area contributed by atoms with Crippen LogP contribution in [0.15, 0.2) is 18.2 Å². The van der Waals surface area contributed by atoms with Crippen LogP contribution >= 0.6 is 11.6 Å². The van der Waals surface area contributed by atoms with Crippen molar-refractivity contribution in [3.05, 3.63) is 34.3 Å². The quantitative estimate of drug-likeness (QED) is 0.864. The Balaban J connectivity index is 2.84. The molecule has 4 heteroatoms. The van der Waals surface area contributed by atoms with E-state index in [-0.39, 0.29) is 12.5 Å². The van der Waals surface area contributed by atoms with E-state index in [1.54, 1.807) is 12.1 Å². The SMILES string of the molecule is CC(C)OCc1ccc(Cl)cc1CC(=O)O. The molecule has 0 aliphatic heterocycles. The van der Waals surface area contributed by atoms with Crippen LogP contribution < -0.4 is 0 Å². The summed E-state index contributed by atoms with van der Waals surface area (Å²) in [6.07, 6.45) is 0.0884. The van der Waals surface area contributed by atoms with Gasteiger partial charge in [0.1, 0.15) is 0 Å². The summed E-state index contributed by atoms with van der Waals surface area (Å²) in [4.78, 5) is 10.7. The van der Waals surface area contributed by atoms with Crippen LogP contribution in [0.1, 0.15) is 25.0 Å². The molecule has 0 aliphatic rings. The summed E-state index contributed by atoms with van der Waals surface area (Å²) in [5.41, 5.74) is 1.58. The minimum atomic E-state index is -0.868. The van der Waals surface area contributed by atoms with Gasteiger partial charge in [0.15, 0.2) is 0 Å². The smallest absolute Gasteiger partial charge is 0.307 e. The van der Waals surface area contributed by atoms with E-state index in [0.29, 0.717) is 17.2 Å². The highest BCUT2D eigenvalue weighted by Crippen LogP contribution is 2.18. The van der Waals surface area contributed by atoms with Crippen LogP contribution in [-0.2, 0) is 22.6 Å². The van der Waals surface area contributed by atoms with Crippen molar-refractivity contribution < 1.29 is 14.6 Å². The standard InChI is InChI=1S/C12H15ClO3/c1-8(2)16-7-9-3-4-11(13)5-10(9)6-12(14)15/h3-5,8H,6-7H2,1-2H3,(H,14,15). The maximum atomic E-state index is 10.7. The van der Waals surface area contributed by atoms with Gasteiger partial charge in [0.25, 0.3) is 0 Å². The van der Waals surface area contributed by atoms with Crippen LogP contribution in [0.4, 0.5) is 0 Å². The molecule has 0 unspecified atom stereocenters. The molecular formula is C12H15ClO3. The molecule has 0 heterocycles. The van der Waals surface area contributed by atoms with Crippen molar-refractivity contribution in [3.63, 3.8) is 0 Å². The highest BCUT2D eigenvalue weighted by atomic mass is 35.5. The monoisotopic (exact) mass is 242 g/mol. The molecule has 1 N–H and O–H groups in total. The molecule has 0 amide bonds. The second-order valence-electron chi connectivity index (χ2n) is 3.84. The number of hydrogen-bond donors (Lipinski definition) is 1. The second kappa shape index (κ2) is 5.87. The van der Waals surface area contributed by atoms with Gasteiger partial charge in [-0.1, -0.05) is 17.7 Å². The van der Waals surface area contributed by atoms with Crippen LogP contribution in [0.25, 0.3) is 0 Å². The number of carboxylic acids is 1. The van der Waals surface area contributed by atoms with E-state index >= 15 is 0 Å². The van der Waals surface area contributed by atoms with Crippen molar-refractivity contribution in [2.24, 2.45) is 0 Å². The lowest BCUT2D eigenvalue weighted by Crippen LogP contribution is -2.07. The molecule has 0 spiro atoms. The molecule has 3 nitrogen and oxygen atoms in total. The van der Waals surface area contributed by atoms with Gasteiger partial charge >= 0.3 is 5.97 Å². The topological polar surface area (TPSA) is 46.5 Å². The van der Waals surface area contributed by atoms with Gasteiger partial charge in [-0.25, -0.2) is 0 Å². The predicted molar refractivity (Wildman–Crippen MR) is 62.7 cm³/mol. The van der Waals surface area contributed by atoms with Gasteiger partial charge in [-0.2, -0.15) is 0 Å². The predicted octanol–water partition coefficient (Wildman–Crippen LogP) is 2.89. The lowest BCUT2D eigenvalue weighted by molar-refractivity contribution is -0.136. The summed E-state index contributed by atoms with van der Waals surface area (Å²) >= 11 is 5.83. The second-order valence-corrected chi connectivity index (χ2v) is 4.28. The third-order valence-corrected chi connectivity index (χ3v) is 2.32. The zero-order chi connectivity index (χ0) is 12.1. The van der Waals surface area contributed by atoms with E-state index in [2.05, 4.69) is 0 Å². The fourth-order valence-electron chi connectivity index (χ4n) is 1.32. The third kappa shape index (κ3) is 4.21. The van der Waals surface area contributed by atoms with Gasteiger partial charge in [-0.15, -0.1) is 0 Å². The van der Waals surface area contributed by atoms with E-state index in [1.807, 2.05) is 19.9 Å². The van der Waals surface area contributed by atoms with Crippen LogP contribution in [0.3, 0.4) is 0 Å². The number of halogens is 1. The van der Waals surface area contributed by atoms with E-state index in [9.17, 15) is 4.79 Å². The molecule has 0 saturated heterocycles. The lowest BCUT2D eigenvalue weighted by atomic mass is 10.1. The highest BCUT2D eigenvalue weighted by Gasteiger charge is 2.08. The fourth-order valence-corrected chi connectivity index (χ4v) is 1.51. The van der Waals surface area contributed by atoms with Crippen molar-refractivity contribution in [1.29, 1.82) is 0 Å². The molecule has 0 atom stereocenters. The van der Waals surface area contributed by atoms with Crippen LogP contribution in [0.5, 0.6) is 0 Å². The van der Waals surface area contributed by atoms with E-state index in [1.165, 1.54) is 0 Å². The molecule has 0 aliphatic carbocycles. The Morgan fingerprint density at radius 1 is 1.44 bits per heavy atom. The number of carboxylic acid groups (broad SMARTS) is 1. The summed E-state index contributed by atoms with van der Waals surface area (Å²) < 4.78 is 5.45. The summed E-state index contributed by atoms with van der Waals surface area (Å²) in [5.74, 6) is -0.868. The van der Waals surface area contributed by atoms with Crippen molar-refractivity contribution in [2.75, 3.05) is 0 Å². The number of rotatable bonds is 5. The normalized spacial score (nSPS) is 10.8. The van der Waals surface area contributed by atoms with Gasteiger partial charge in [0.05, 0.1) is 19.1 Å². The van der Waals surface area contributed by atoms with E-state index in [0.717, 1.165) is 5.56 Å². The average molecular weight is 243 g/mol. The average Bonchev–Trinajstić information content (AvgIpc) is 2.15. The first-order valence-electron chi connectivity index (χ1n) is 5.09. The maximum Gasteiger partial charge on any atom is 0.307 e. The summed E-state index contributed by atoms with van der Waals surface area (Å²) in [6.45, 7) is 4.29. The molecule has 88 valence electrons. The van der Waals surface area contributed by atoms with Crippen molar-refractivity contribution in [3.8, 4) is 0 Å². The first-order valence-corrected chi connectivity index (χ1v) is 5.47. The molecule has 0 fully saturated rings. The van der Waals surface area contributed by atoms with Crippen molar-refractivity contribution in [2.45, 2.75) is 33.0 Å². The van der Waals surface area contributed by atoms with E-state index < -0.39 is 5.97 Å². The first-order chi connectivity index (χ1) is 7.49. The molecular weight excluding hydrogens is 228 g/mol. The number of aliphatic carboxylic acids is 1. The Morgan fingerprint density at radius 2 is 2.12 bits per heavy atom. The number of carbonyl (C=O) groups is 1. The molecule has 0 bridgehead atoms. The molecule has 0 radical (unpaired) electrons. The van der Waals surface area contributed by atoms with Gasteiger partial charge < -0.3 is 9.84 Å². The van der Waals surface area contributed by atoms with E-state index in [4.69, 9.17) is 21.4 Å². The Labute approximate surface area is 100.0 Å².